The molecule has 1 aliphatic rings. The summed E-state index contributed by atoms with van der Waals surface area (Å²) >= 11 is 5.27. The first-order valence-corrected chi connectivity index (χ1v) is 11.5. The molecule has 3 aromatic rings. The van der Waals surface area contributed by atoms with E-state index in [1.807, 2.05) is 35.8 Å². The molecule has 26 heavy (non-hydrogen) atoms. The molecule has 0 saturated carbocycles. The molecule has 0 radical (unpaired) electrons. The monoisotopic (exact) mass is 400 g/mol. The molecular weight excluding hydrogens is 380 g/mol. The van der Waals surface area contributed by atoms with Gasteiger partial charge in [0.2, 0.25) is 5.91 Å². The van der Waals surface area contributed by atoms with E-state index in [1.165, 1.54) is 15.3 Å². The van der Waals surface area contributed by atoms with E-state index in [1.54, 1.807) is 23.1 Å². The zero-order valence-corrected chi connectivity index (χ0v) is 16.9. The van der Waals surface area contributed by atoms with E-state index in [2.05, 4.69) is 45.2 Å². The van der Waals surface area contributed by atoms with Crippen LogP contribution in [0.2, 0.25) is 0 Å². The Bertz CT molecular complexity index is 888. The topological polar surface area (TPSA) is 32.3 Å². The van der Waals surface area contributed by atoms with E-state index in [9.17, 15) is 4.79 Å². The highest BCUT2D eigenvalue weighted by molar-refractivity contribution is 7.98. The number of carbonyl (C=O) groups excluding carboxylic acids is 1. The van der Waals surface area contributed by atoms with E-state index in [4.69, 9.17) is 0 Å². The SMILES string of the molecule is CSc1cccc(NC(=O)CN2CCc3sccc3C2c2cccs2)c1. The second-order valence-corrected chi connectivity index (χ2v) is 9.08. The van der Waals surface area contributed by atoms with Gasteiger partial charge in [0.1, 0.15) is 0 Å². The van der Waals surface area contributed by atoms with Crippen LogP contribution < -0.4 is 5.32 Å². The van der Waals surface area contributed by atoms with Crippen molar-refractivity contribution in [2.45, 2.75) is 17.4 Å². The fourth-order valence-electron chi connectivity index (χ4n) is 3.40. The molecule has 2 aromatic heterocycles. The van der Waals surface area contributed by atoms with Crippen molar-refractivity contribution in [2.75, 3.05) is 24.7 Å². The van der Waals surface area contributed by atoms with Gasteiger partial charge in [-0.1, -0.05) is 12.1 Å². The Kier molecular flexibility index (Phi) is 5.45. The lowest BCUT2D eigenvalue weighted by atomic mass is 9.98. The number of fused-ring (bicyclic) bond motifs is 1. The van der Waals surface area contributed by atoms with Crippen LogP contribution in [-0.2, 0) is 11.2 Å². The van der Waals surface area contributed by atoms with Crippen molar-refractivity contribution in [3.05, 3.63) is 68.5 Å². The van der Waals surface area contributed by atoms with E-state index in [0.717, 1.165) is 23.5 Å². The molecule has 1 aliphatic heterocycles. The molecule has 0 spiro atoms. The smallest absolute Gasteiger partial charge is 0.238 e. The molecule has 6 heteroatoms. The first kappa shape index (κ1) is 17.8. The third-order valence-corrected chi connectivity index (χ3v) is 7.23. The number of hydrogen-bond donors (Lipinski definition) is 1. The van der Waals surface area contributed by atoms with Crippen molar-refractivity contribution >= 4 is 46.0 Å². The summed E-state index contributed by atoms with van der Waals surface area (Å²) in [5.41, 5.74) is 2.23. The van der Waals surface area contributed by atoms with Crippen LogP contribution in [0.15, 0.2) is 58.1 Å². The predicted molar refractivity (Wildman–Crippen MR) is 113 cm³/mol. The Hall–Kier alpha value is -1.60. The van der Waals surface area contributed by atoms with Gasteiger partial charge in [-0.3, -0.25) is 9.69 Å². The second kappa shape index (κ2) is 7.96. The van der Waals surface area contributed by atoms with Gasteiger partial charge in [-0.25, -0.2) is 0 Å². The maximum atomic E-state index is 12.7. The summed E-state index contributed by atoms with van der Waals surface area (Å²) in [5, 5.41) is 7.34. The molecule has 1 aromatic carbocycles. The lowest BCUT2D eigenvalue weighted by molar-refractivity contribution is -0.117. The van der Waals surface area contributed by atoms with Crippen molar-refractivity contribution in [2.24, 2.45) is 0 Å². The average molecular weight is 401 g/mol. The van der Waals surface area contributed by atoms with E-state index in [-0.39, 0.29) is 11.9 Å². The van der Waals surface area contributed by atoms with Crippen molar-refractivity contribution in [1.82, 2.24) is 4.90 Å². The number of nitrogens with zero attached hydrogens (tertiary/aromatic N) is 1. The van der Waals surface area contributed by atoms with Crippen LogP contribution in [0, 0.1) is 0 Å². The molecule has 3 nitrogen and oxygen atoms in total. The number of thiophene rings is 2. The first-order valence-electron chi connectivity index (χ1n) is 8.52. The molecule has 0 saturated heterocycles. The van der Waals surface area contributed by atoms with Gasteiger partial charge in [0.25, 0.3) is 0 Å². The average Bonchev–Trinajstić information content (AvgIpc) is 3.33. The van der Waals surface area contributed by atoms with Crippen LogP contribution in [0.25, 0.3) is 0 Å². The zero-order valence-electron chi connectivity index (χ0n) is 14.5. The summed E-state index contributed by atoms with van der Waals surface area (Å²) in [6, 6.07) is 14.7. The van der Waals surface area contributed by atoms with Gasteiger partial charge >= 0.3 is 0 Å². The fraction of sp³-hybridized carbons (Fsp3) is 0.250. The number of thioether (sulfide) groups is 1. The number of carbonyl (C=O) groups is 1. The standard InChI is InChI=1S/C20H20N2OS3/c1-24-15-5-2-4-14(12-15)21-19(23)13-22-9-7-17-16(8-11-26-17)20(22)18-6-3-10-25-18/h2-6,8,10-12,20H,7,9,13H2,1H3,(H,21,23). The van der Waals surface area contributed by atoms with Gasteiger partial charge in [-0.15, -0.1) is 34.4 Å². The fourth-order valence-corrected chi connectivity index (χ4v) is 5.64. The number of amides is 1. The largest absolute Gasteiger partial charge is 0.325 e. The predicted octanol–water partition coefficient (Wildman–Crippen LogP) is 5.12. The van der Waals surface area contributed by atoms with Crippen molar-refractivity contribution in [3.8, 4) is 0 Å². The highest BCUT2D eigenvalue weighted by Gasteiger charge is 2.31. The molecular formula is C20H20N2OS3. The molecule has 134 valence electrons. The van der Waals surface area contributed by atoms with E-state index >= 15 is 0 Å². The summed E-state index contributed by atoms with van der Waals surface area (Å²) in [7, 11) is 0. The highest BCUT2D eigenvalue weighted by atomic mass is 32.2. The Morgan fingerprint density at radius 3 is 2.96 bits per heavy atom. The van der Waals surface area contributed by atoms with Crippen molar-refractivity contribution in [3.63, 3.8) is 0 Å². The molecule has 1 N–H and O–H groups in total. The summed E-state index contributed by atoms with van der Waals surface area (Å²) < 4.78 is 0. The molecule has 1 unspecified atom stereocenters. The van der Waals surface area contributed by atoms with Crippen LogP contribution in [0.1, 0.15) is 21.4 Å². The molecule has 0 fully saturated rings. The number of anilines is 1. The number of benzene rings is 1. The van der Waals surface area contributed by atoms with E-state index < -0.39 is 0 Å². The molecule has 1 amide bonds. The Labute approximate surface area is 166 Å². The first-order chi connectivity index (χ1) is 12.7. The second-order valence-electron chi connectivity index (χ2n) is 6.22. The maximum absolute atomic E-state index is 12.7. The summed E-state index contributed by atoms with van der Waals surface area (Å²) in [4.78, 5) is 18.9. The minimum absolute atomic E-state index is 0.0449. The molecule has 4 rings (SSSR count). The number of rotatable bonds is 5. The quantitative estimate of drug-likeness (QED) is 0.604. The third kappa shape index (κ3) is 3.74. The molecule has 0 bridgehead atoms. The summed E-state index contributed by atoms with van der Waals surface area (Å²) in [6.07, 6.45) is 3.06. The van der Waals surface area contributed by atoms with Gasteiger partial charge in [-0.2, -0.15) is 0 Å². The number of hydrogen-bond acceptors (Lipinski definition) is 5. The summed E-state index contributed by atoms with van der Waals surface area (Å²) in [6.45, 7) is 1.32. The Balaban J connectivity index is 1.52. The van der Waals surface area contributed by atoms with Gasteiger partial charge in [0.05, 0.1) is 12.6 Å². The maximum Gasteiger partial charge on any atom is 0.238 e. The van der Waals surface area contributed by atoms with Crippen LogP contribution >= 0.6 is 34.4 Å². The minimum Gasteiger partial charge on any atom is -0.325 e. The number of nitrogens with one attached hydrogen (secondary N) is 1. The van der Waals surface area contributed by atoms with Crippen LogP contribution in [0.5, 0.6) is 0 Å². The van der Waals surface area contributed by atoms with Crippen LogP contribution in [-0.4, -0.2) is 30.2 Å². The van der Waals surface area contributed by atoms with Gasteiger partial charge in [0.15, 0.2) is 0 Å². The Morgan fingerprint density at radius 1 is 1.23 bits per heavy atom. The van der Waals surface area contributed by atoms with Crippen LogP contribution in [0.3, 0.4) is 0 Å². The normalized spacial score (nSPS) is 17.0. The van der Waals surface area contributed by atoms with Gasteiger partial charge < -0.3 is 5.32 Å². The summed E-state index contributed by atoms with van der Waals surface area (Å²) in [5.74, 6) is 0.0449. The minimum atomic E-state index is 0.0449. The lowest BCUT2D eigenvalue weighted by Gasteiger charge is -2.34. The van der Waals surface area contributed by atoms with Gasteiger partial charge in [-0.05, 0) is 59.3 Å². The van der Waals surface area contributed by atoms with E-state index in [0.29, 0.717) is 6.54 Å². The molecule has 0 aliphatic carbocycles. The van der Waals surface area contributed by atoms with Crippen LogP contribution in [0.4, 0.5) is 5.69 Å². The van der Waals surface area contributed by atoms with Crippen molar-refractivity contribution in [1.29, 1.82) is 0 Å². The lowest BCUT2D eigenvalue weighted by Crippen LogP contribution is -2.40. The molecule has 3 heterocycles. The van der Waals surface area contributed by atoms with Crippen molar-refractivity contribution < 1.29 is 4.79 Å². The Morgan fingerprint density at radius 2 is 2.15 bits per heavy atom. The van der Waals surface area contributed by atoms with Gasteiger partial charge in [0, 0.05) is 26.9 Å². The molecule has 1 atom stereocenters. The third-order valence-electron chi connectivity index (χ3n) is 4.58. The highest BCUT2D eigenvalue weighted by Crippen LogP contribution is 2.39. The zero-order chi connectivity index (χ0) is 17.9.